The summed E-state index contributed by atoms with van der Waals surface area (Å²) in [6, 6.07) is 7.42. The lowest BCUT2D eigenvalue weighted by atomic mass is 9.93. The van der Waals surface area contributed by atoms with Gasteiger partial charge in [-0.15, -0.1) is 11.3 Å². The highest BCUT2D eigenvalue weighted by Crippen LogP contribution is 2.24. The number of hydrogen-bond acceptors (Lipinski definition) is 4. The summed E-state index contributed by atoms with van der Waals surface area (Å²) in [4.78, 5) is 16.6. The van der Waals surface area contributed by atoms with Gasteiger partial charge in [-0.05, 0) is 31.2 Å². The van der Waals surface area contributed by atoms with E-state index in [-0.39, 0.29) is 11.3 Å². The van der Waals surface area contributed by atoms with Gasteiger partial charge in [-0.2, -0.15) is 0 Å². The minimum atomic E-state index is 0.00154. The maximum atomic E-state index is 12.0. The van der Waals surface area contributed by atoms with Gasteiger partial charge in [0, 0.05) is 29.3 Å². The average Bonchev–Trinajstić information content (AvgIpc) is 2.97. The van der Waals surface area contributed by atoms with Crippen molar-refractivity contribution < 1.29 is 9.53 Å². The van der Waals surface area contributed by atoms with E-state index in [0.717, 1.165) is 22.1 Å². The number of thiazole rings is 1. The third-order valence-electron chi connectivity index (χ3n) is 3.34. The van der Waals surface area contributed by atoms with Crippen molar-refractivity contribution in [3.8, 4) is 5.75 Å². The maximum Gasteiger partial charge on any atom is 0.224 e. The molecule has 124 valence electrons. The van der Waals surface area contributed by atoms with E-state index >= 15 is 0 Å². The van der Waals surface area contributed by atoms with E-state index in [1.807, 2.05) is 31.2 Å². The zero-order valence-corrected chi connectivity index (χ0v) is 15.0. The van der Waals surface area contributed by atoms with Gasteiger partial charge in [0.25, 0.3) is 0 Å². The topological polar surface area (TPSA) is 51.2 Å². The van der Waals surface area contributed by atoms with Crippen molar-refractivity contribution in [2.75, 3.05) is 11.9 Å². The number of carbonyl (C=O) groups excluding carboxylic acids is 1. The summed E-state index contributed by atoms with van der Waals surface area (Å²) in [5.74, 6) is 0.810. The Hall–Kier alpha value is -1.88. The smallest absolute Gasteiger partial charge is 0.224 e. The second-order valence-electron chi connectivity index (χ2n) is 6.38. The van der Waals surface area contributed by atoms with Crippen molar-refractivity contribution in [2.45, 2.75) is 46.0 Å². The van der Waals surface area contributed by atoms with Crippen LogP contribution in [0.25, 0.3) is 0 Å². The minimum absolute atomic E-state index is 0.00154. The van der Waals surface area contributed by atoms with Crippen LogP contribution >= 0.6 is 11.3 Å². The molecule has 0 saturated carbocycles. The predicted octanol–water partition coefficient (Wildman–Crippen LogP) is 4.41. The SMILES string of the molecule is CCOc1ccc(NC(=O)CCc2nc(C(C)(C)C)cs2)cc1. The molecule has 0 aliphatic carbocycles. The third-order valence-corrected chi connectivity index (χ3v) is 4.24. The first-order valence-corrected chi connectivity index (χ1v) is 8.74. The molecule has 0 aliphatic rings. The molecule has 1 heterocycles. The van der Waals surface area contributed by atoms with Crippen LogP contribution in [0.2, 0.25) is 0 Å². The van der Waals surface area contributed by atoms with E-state index in [2.05, 4.69) is 36.5 Å². The number of rotatable bonds is 6. The lowest BCUT2D eigenvalue weighted by molar-refractivity contribution is -0.116. The molecule has 0 fully saturated rings. The van der Waals surface area contributed by atoms with Crippen molar-refractivity contribution >= 4 is 22.9 Å². The Morgan fingerprint density at radius 2 is 1.96 bits per heavy atom. The Balaban J connectivity index is 1.84. The fourth-order valence-electron chi connectivity index (χ4n) is 2.02. The predicted molar refractivity (Wildman–Crippen MR) is 95.4 cm³/mol. The summed E-state index contributed by atoms with van der Waals surface area (Å²) in [6.45, 7) is 9.01. The Labute approximate surface area is 141 Å². The van der Waals surface area contributed by atoms with Crippen molar-refractivity contribution in [3.05, 3.63) is 40.3 Å². The summed E-state index contributed by atoms with van der Waals surface area (Å²) in [6.07, 6.45) is 1.11. The van der Waals surface area contributed by atoms with Gasteiger partial charge < -0.3 is 10.1 Å². The van der Waals surface area contributed by atoms with Gasteiger partial charge in [0.15, 0.2) is 0 Å². The summed E-state index contributed by atoms with van der Waals surface area (Å²) >= 11 is 1.62. The normalized spacial score (nSPS) is 11.3. The van der Waals surface area contributed by atoms with Crippen LogP contribution in [0.5, 0.6) is 5.75 Å². The Morgan fingerprint density at radius 3 is 2.52 bits per heavy atom. The molecule has 4 nitrogen and oxygen atoms in total. The van der Waals surface area contributed by atoms with Crippen LogP contribution in [-0.4, -0.2) is 17.5 Å². The summed E-state index contributed by atoms with van der Waals surface area (Å²) < 4.78 is 5.38. The molecule has 0 bridgehead atoms. The zero-order chi connectivity index (χ0) is 16.9. The number of nitrogens with zero attached hydrogens (tertiary/aromatic N) is 1. The Kier molecular flexibility index (Phi) is 5.77. The van der Waals surface area contributed by atoms with E-state index in [1.165, 1.54) is 0 Å². The van der Waals surface area contributed by atoms with Gasteiger partial charge in [-0.1, -0.05) is 20.8 Å². The fraction of sp³-hybridized carbons (Fsp3) is 0.444. The molecule has 2 rings (SSSR count). The van der Waals surface area contributed by atoms with E-state index in [9.17, 15) is 4.79 Å². The van der Waals surface area contributed by atoms with Gasteiger partial charge in [0.2, 0.25) is 5.91 Å². The van der Waals surface area contributed by atoms with Crippen LogP contribution in [0, 0.1) is 0 Å². The van der Waals surface area contributed by atoms with Crippen LogP contribution < -0.4 is 10.1 Å². The van der Waals surface area contributed by atoms with Crippen molar-refractivity contribution in [1.82, 2.24) is 4.98 Å². The molecule has 23 heavy (non-hydrogen) atoms. The van der Waals surface area contributed by atoms with Crippen LogP contribution in [0.4, 0.5) is 5.69 Å². The largest absolute Gasteiger partial charge is 0.494 e. The molecule has 0 radical (unpaired) electrons. The second kappa shape index (κ2) is 7.59. The molecule has 1 aromatic carbocycles. The van der Waals surface area contributed by atoms with E-state index in [1.54, 1.807) is 11.3 Å². The molecule has 1 aromatic heterocycles. The number of amides is 1. The molecule has 1 N–H and O–H groups in total. The number of anilines is 1. The fourth-order valence-corrected chi connectivity index (χ4v) is 3.04. The standard InChI is InChI=1S/C18H24N2O2S/c1-5-22-14-8-6-13(7-9-14)19-16(21)10-11-17-20-15(12-23-17)18(2,3)4/h6-9,12H,5,10-11H2,1-4H3,(H,19,21). The second-order valence-corrected chi connectivity index (χ2v) is 7.32. The maximum absolute atomic E-state index is 12.0. The summed E-state index contributed by atoms with van der Waals surface area (Å²) in [5, 5.41) is 5.99. The number of hydrogen-bond donors (Lipinski definition) is 1. The highest BCUT2D eigenvalue weighted by Gasteiger charge is 2.17. The Morgan fingerprint density at radius 1 is 1.26 bits per heavy atom. The number of nitrogens with one attached hydrogen (secondary N) is 1. The van der Waals surface area contributed by atoms with Crippen molar-refractivity contribution in [3.63, 3.8) is 0 Å². The van der Waals surface area contributed by atoms with Gasteiger partial charge in [-0.3, -0.25) is 4.79 Å². The molecule has 5 heteroatoms. The number of aryl methyl sites for hydroxylation is 1. The minimum Gasteiger partial charge on any atom is -0.494 e. The van der Waals surface area contributed by atoms with Crippen LogP contribution in [-0.2, 0) is 16.6 Å². The quantitative estimate of drug-likeness (QED) is 0.852. The lowest BCUT2D eigenvalue weighted by Gasteiger charge is -2.14. The van der Waals surface area contributed by atoms with Crippen LogP contribution in [0.15, 0.2) is 29.6 Å². The first kappa shape index (κ1) is 17.5. The molecular formula is C18H24N2O2S. The van der Waals surface area contributed by atoms with Gasteiger partial charge in [-0.25, -0.2) is 4.98 Å². The van der Waals surface area contributed by atoms with E-state index in [4.69, 9.17) is 4.74 Å². The van der Waals surface area contributed by atoms with Gasteiger partial charge >= 0.3 is 0 Å². The highest BCUT2D eigenvalue weighted by atomic mass is 32.1. The molecule has 0 spiro atoms. The van der Waals surface area contributed by atoms with Gasteiger partial charge in [0.1, 0.15) is 5.75 Å². The first-order chi connectivity index (χ1) is 10.9. The highest BCUT2D eigenvalue weighted by molar-refractivity contribution is 7.09. The molecule has 0 unspecified atom stereocenters. The van der Waals surface area contributed by atoms with E-state index < -0.39 is 0 Å². The third kappa shape index (κ3) is 5.36. The number of benzene rings is 1. The lowest BCUT2D eigenvalue weighted by Crippen LogP contribution is -2.13. The number of ether oxygens (including phenoxy) is 1. The summed E-state index contributed by atoms with van der Waals surface area (Å²) in [7, 11) is 0. The number of carbonyl (C=O) groups is 1. The summed E-state index contributed by atoms with van der Waals surface area (Å²) in [5.41, 5.74) is 1.93. The molecule has 0 saturated heterocycles. The van der Waals surface area contributed by atoms with E-state index in [0.29, 0.717) is 19.4 Å². The van der Waals surface area contributed by atoms with Crippen LogP contribution in [0.1, 0.15) is 44.8 Å². The van der Waals surface area contributed by atoms with Crippen molar-refractivity contribution in [2.24, 2.45) is 0 Å². The monoisotopic (exact) mass is 332 g/mol. The molecule has 1 amide bonds. The average molecular weight is 332 g/mol. The van der Waals surface area contributed by atoms with Crippen molar-refractivity contribution in [1.29, 1.82) is 0 Å². The molecule has 0 aliphatic heterocycles. The zero-order valence-electron chi connectivity index (χ0n) is 14.2. The first-order valence-electron chi connectivity index (χ1n) is 7.86. The molecule has 0 atom stereocenters. The molecule has 2 aromatic rings. The Bertz CT molecular complexity index is 642. The van der Waals surface area contributed by atoms with Crippen LogP contribution in [0.3, 0.4) is 0 Å². The number of aromatic nitrogens is 1. The van der Waals surface area contributed by atoms with Gasteiger partial charge in [0.05, 0.1) is 17.3 Å². The molecular weight excluding hydrogens is 308 g/mol.